The highest BCUT2D eigenvalue weighted by Gasteiger charge is 2.18. The Balaban J connectivity index is 2.08. The van der Waals surface area contributed by atoms with E-state index in [1.54, 1.807) is 0 Å². The number of halogens is 1. The van der Waals surface area contributed by atoms with E-state index in [0.29, 0.717) is 6.54 Å². The Morgan fingerprint density at radius 1 is 1.50 bits per heavy atom. The molecular formula is C10H19ClN2O. The summed E-state index contributed by atoms with van der Waals surface area (Å²) < 4.78 is 0. The highest BCUT2D eigenvalue weighted by atomic mass is 35.5. The Kier molecular flexibility index (Phi) is 5.26. The zero-order valence-corrected chi connectivity index (χ0v) is 9.52. The van der Waals surface area contributed by atoms with Gasteiger partial charge in [-0.25, -0.2) is 0 Å². The fraction of sp³-hybridized carbons (Fsp3) is 0.900. The van der Waals surface area contributed by atoms with Gasteiger partial charge in [-0.3, -0.25) is 4.79 Å². The predicted molar refractivity (Wildman–Crippen MR) is 58.6 cm³/mol. The highest BCUT2D eigenvalue weighted by Crippen LogP contribution is 2.21. The summed E-state index contributed by atoms with van der Waals surface area (Å²) in [6.07, 6.45) is 5.31. The van der Waals surface area contributed by atoms with Gasteiger partial charge in [-0.2, -0.15) is 0 Å². The molecule has 1 aliphatic carbocycles. The Hall–Kier alpha value is -0.280. The second-order valence-electron chi connectivity index (χ2n) is 3.90. The molecule has 1 fully saturated rings. The minimum atomic E-state index is -0.0773. The standard InChI is InChI=1S/C10H19ClN2O/c1-13(9-4-2-3-5-9)7-6-12-10(14)8-11/h9H,2-8H2,1H3,(H,12,14). The van der Waals surface area contributed by atoms with Gasteiger partial charge in [0, 0.05) is 19.1 Å². The first-order chi connectivity index (χ1) is 6.74. The summed E-state index contributed by atoms with van der Waals surface area (Å²) in [4.78, 5) is 13.2. The van der Waals surface area contributed by atoms with Crippen LogP contribution in [0.3, 0.4) is 0 Å². The number of amides is 1. The fourth-order valence-electron chi connectivity index (χ4n) is 1.95. The predicted octanol–water partition coefficient (Wildman–Crippen LogP) is 1.22. The van der Waals surface area contributed by atoms with E-state index in [1.807, 2.05) is 0 Å². The van der Waals surface area contributed by atoms with Gasteiger partial charge in [0.05, 0.1) is 0 Å². The van der Waals surface area contributed by atoms with Crippen molar-refractivity contribution in [3.8, 4) is 0 Å². The Morgan fingerprint density at radius 2 is 2.14 bits per heavy atom. The smallest absolute Gasteiger partial charge is 0.234 e. The monoisotopic (exact) mass is 218 g/mol. The molecule has 0 heterocycles. The van der Waals surface area contributed by atoms with Crippen LogP contribution in [-0.4, -0.2) is 42.9 Å². The minimum absolute atomic E-state index is 0.0626. The van der Waals surface area contributed by atoms with Gasteiger partial charge in [-0.15, -0.1) is 11.6 Å². The van der Waals surface area contributed by atoms with Crippen molar-refractivity contribution in [2.75, 3.05) is 26.0 Å². The van der Waals surface area contributed by atoms with Crippen LogP contribution in [0.25, 0.3) is 0 Å². The molecule has 0 unspecified atom stereocenters. The van der Waals surface area contributed by atoms with Crippen molar-refractivity contribution in [1.82, 2.24) is 10.2 Å². The lowest BCUT2D eigenvalue weighted by Gasteiger charge is -2.23. The largest absolute Gasteiger partial charge is 0.354 e. The molecule has 0 bridgehead atoms. The van der Waals surface area contributed by atoms with Crippen molar-refractivity contribution >= 4 is 17.5 Å². The average Bonchev–Trinajstić information content (AvgIpc) is 2.70. The van der Waals surface area contributed by atoms with E-state index in [2.05, 4.69) is 17.3 Å². The van der Waals surface area contributed by atoms with E-state index in [9.17, 15) is 4.79 Å². The van der Waals surface area contributed by atoms with Crippen LogP contribution in [0.2, 0.25) is 0 Å². The first-order valence-corrected chi connectivity index (χ1v) is 5.80. The van der Waals surface area contributed by atoms with E-state index in [0.717, 1.165) is 12.6 Å². The van der Waals surface area contributed by atoms with Crippen molar-refractivity contribution in [3.63, 3.8) is 0 Å². The molecule has 0 saturated heterocycles. The fourth-order valence-corrected chi connectivity index (χ4v) is 2.04. The van der Waals surface area contributed by atoms with Crippen LogP contribution in [0.15, 0.2) is 0 Å². The molecule has 0 aromatic rings. The zero-order valence-electron chi connectivity index (χ0n) is 8.76. The summed E-state index contributed by atoms with van der Waals surface area (Å²) in [6, 6.07) is 0.725. The second kappa shape index (κ2) is 6.25. The number of carbonyl (C=O) groups excluding carboxylic acids is 1. The summed E-state index contributed by atoms with van der Waals surface area (Å²) in [5.74, 6) is -0.0147. The molecule has 0 aromatic carbocycles. The second-order valence-corrected chi connectivity index (χ2v) is 4.17. The molecule has 1 aliphatic rings. The summed E-state index contributed by atoms with van der Waals surface area (Å²) in [6.45, 7) is 1.63. The van der Waals surface area contributed by atoms with E-state index >= 15 is 0 Å². The molecule has 1 rings (SSSR count). The van der Waals surface area contributed by atoms with E-state index < -0.39 is 0 Å². The first-order valence-electron chi connectivity index (χ1n) is 5.27. The molecule has 1 N–H and O–H groups in total. The maximum atomic E-state index is 10.9. The van der Waals surface area contributed by atoms with Crippen molar-refractivity contribution in [1.29, 1.82) is 0 Å². The topological polar surface area (TPSA) is 32.3 Å². The molecule has 0 aliphatic heterocycles. The number of carbonyl (C=O) groups is 1. The lowest BCUT2D eigenvalue weighted by molar-refractivity contribution is -0.118. The molecule has 0 spiro atoms. The molecule has 0 atom stereocenters. The van der Waals surface area contributed by atoms with Crippen molar-refractivity contribution in [2.45, 2.75) is 31.7 Å². The number of hydrogen-bond donors (Lipinski definition) is 1. The van der Waals surface area contributed by atoms with Crippen LogP contribution >= 0.6 is 11.6 Å². The van der Waals surface area contributed by atoms with Gasteiger partial charge in [-0.1, -0.05) is 12.8 Å². The SMILES string of the molecule is CN(CCNC(=O)CCl)C1CCCC1. The molecule has 0 radical (unpaired) electrons. The van der Waals surface area contributed by atoms with Gasteiger partial charge in [-0.05, 0) is 19.9 Å². The zero-order chi connectivity index (χ0) is 10.4. The molecule has 1 amide bonds. The lowest BCUT2D eigenvalue weighted by Crippen LogP contribution is -2.37. The molecule has 4 heteroatoms. The van der Waals surface area contributed by atoms with E-state index in [-0.39, 0.29) is 11.8 Å². The Labute approximate surface area is 90.8 Å². The van der Waals surface area contributed by atoms with Crippen LogP contribution in [0, 0.1) is 0 Å². The maximum absolute atomic E-state index is 10.9. The molecule has 0 aromatic heterocycles. The van der Waals surface area contributed by atoms with Crippen molar-refractivity contribution < 1.29 is 4.79 Å². The van der Waals surface area contributed by atoms with Gasteiger partial charge >= 0.3 is 0 Å². The van der Waals surface area contributed by atoms with E-state index in [4.69, 9.17) is 11.6 Å². The van der Waals surface area contributed by atoms with Gasteiger partial charge in [0.1, 0.15) is 5.88 Å². The van der Waals surface area contributed by atoms with Gasteiger partial charge in [0.15, 0.2) is 0 Å². The Bertz CT molecular complexity index is 181. The third-order valence-corrected chi connectivity index (χ3v) is 3.10. The van der Waals surface area contributed by atoms with Crippen molar-refractivity contribution in [3.05, 3.63) is 0 Å². The summed E-state index contributed by atoms with van der Waals surface area (Å²) >= 11 is 5.37. The van der Waals surface area contributed by atoms with Gasteiger partial charge in [0.25, 0.3) is 0 Å². The maximum Gasteiger partial charge on any atom is 0.234 e. The number of rotatable bonds is 5. The number of nitrogens with zero attached hydrogens (tertiary/aromatic N) is 1. The summed E-state index contributed by atoms with van der Waals surface area (Å²) in [7, 11) is 2.13. The van der Waals surface area contributed by atoms with Crippen LogP contribution < -0.4 is 5.32 Å². The van der Waals surface area contributed by atoms with Crippen LogP contribution in [0.4, 0.5) is 0 Å². The van der Waals surface area contributed by atoms with Crippen LogP contribution in [0.1, 0.15) is 25.7 Å². The molecule has 3 nitrogen and oxygen atoms in total. The van der Waals surface area contributed by atoms with E-state index in [1.165, 1.54) is 25.7 Å². The van der Waals surface area contributed by atoms with Crippen LogP contribution in [-0.2, 0) is 4.79 Å². The lowest BCUT2D eigenvalue weighted by atomic mass is 10.2. The van der Waals surface area contributed by atoms with Gasteiger partial charge in [0.2, 0.25) is 5.91 Å². The average molecular weight is 219 g/mol. The normalized spacial score (nSPS) is 17.6. The Morgan fingerprint density at radius 3 is 2.71 bits per heavy atom. The highest BCUT2D eigenvalue weighted by molar-refractivity contribution is 6.27. The summed E-state index contributed by atoms with van der Waals surface area (Å²) in [5, 5.41) is 2.77. The van der Waals surface area contributed by atoms with Gasteiger partial charge < -0.3 is 10.2 Å². The van der Waals surface area contributed by atoms with Crippen molar-refractivity contribution in [2.24, 2.45) is 0 Å². The number of likely N-dealkylation sites (N-methyl/N-ethyl adjacent to an activating group) is 1. The van der Waals surface area contributed by atoms with Crippen LogP contribution in [0.5, 0.6) is 0 Å². The first kappa shape index (κ1) is 11.8. The third-order valence-electron chi connectivity index (χ3n) is 2.86. The third kappa shape index (κ3) is 3.84. The summed E-state index contributed by atoms with van der Waals surface area (Å²) in [5.41, 5.74) is 0. The molecule has 14 heavy (non-hydrogen) atoms. The number of hydrogen-bond acceptors (Lipinski definition) is 2. The quantitative estimate of drug-likeness (QED) is 0.704. The number of alkyl halides is 1. The number of nitrogens with one attached hydrogen (secondary N) is 1. The minimum Gasteiger partial charge on any atom is -0.354 e. The molecule has 1 saturated carbocycles. The molecular weight excluding hydrogens is 200 g/mol. The molecule has 82 valence electrons.